The Morgan fingerprint density at radius 1 is 0.295 bits per heavy atom. The van der Waals surface area contributed by atoms with Crippen LogP contribution in [-0.4, -0.2) is 14.1 Å². The summed E-state index contributed by atoms with van der Waals surface area (Å²) in [6.07, 6.45) is 0. The molecule has 362 valence electrons. The van der Waals surface area contributed by atoms with Gasteiger partial charge in [-0.3, -0.25) is 4.57 Å². The summed E-state index contributed by atoms with van der Waals surface area (Å²) in [5.74, 6) is 0.684. The molecule has 5 nitrogen and oxygen atoms in total. The van der Waals surface area contributed by atoms with Gasteiger partial charge in [-0.1, -0.05) is 218 Å². The number of hydrogen-bond acceptors (Lipinski definition) is 3. The molecule has 14 aromatic rings. The van der Waals surface area contributed by atoms with Crippen molar-refractivity contribution >= 4 is 43.6 Å². The topological polar surface area (TPSA) is 70.3 Å². The van der Waals surface area contributed by atoms with Crippen molar-refractivity contribution in [3.63, 3.8) is 0 Å². The molecule has 0 bridgehead atoms. The zero-order valence-electron chi connectivity index (χ0n) is 42.2. The first-order chi connectivity index (χ1) is 38.6. The maximum Gasteiger partial charge on any atom is 0.147 e. The molecule has 3 heterocycles. The van der Waals surface area contributed by atoms with Gasteiger partial charge in [-0.2, -0.15) is 10.5 Å². The molecule has 0 fully saturated rings. The van der Waals surface area contributed by atoms with Crippen LogP contribution >= 0.6 is 0 Å². The quantitative estimate of drug-likeness (QED) is 0.145. The number of benzene rings is 11. The van der Waals surface area contributed by atoms with E-state index >= 15 is 0 Å². The van der Waals surface area contributed by atoms with E-state index in [1.807, 2.05) is 36.4 Å². The lowest BCUT2D eigenvalue weighted by Crippen LogP contribution is -2.11. The summed E-state index contributed by atoms with van der Waals surface area (Å²) in [4.78, 5) is 6.10. The smallest absolute Gasteiger partial charge is 0.147 e. The first kappa shape index (κ1) is 45.7. The van der Waals surface area contributed by atoms with Gasteiger partial charge in [0.2, 0.25) is 0 Å². The van der Waals surface area contributed by atoms with Crippen LogP contribution in [0.15, 0.2) is 273 Å². The Morgan fingerprint density at radius 2 is 0.654 bits per heavy atom. The molecule has 0 N–H and O–H groups in total. The van der Waals surface area contributed by atoms with Crippen LogP contribution in [0.5, 0.6) is 0 Å². The van der Waals surface area contributed by atoms with Gasteiger partial charge in [0.15, 0.2) is 0 Å². The van der Waals surface area contributed by atoms with E-state index in [0.29, 0.717) is 22.6 Å². The number of hydrogen-bond donors (Lipinski definition) is 0. The van der Waals surface area contributed by atoms with Crippen LogP contribution in [0, 0.1) is 22.7 Å². The van der Waals surface area contributed by atoms with Crippen LogP contribution in [0.1, 0.15) is 11.1 Å². The predicted octanol–water partition coefficient (Wildman–Crippen LogP) is 18.7. The molecular weight excluding hydrogens is 947 g/mol. The van der Waals surface area contributed by atoms with Crippen molar-refractivity contribution in [2.45, 2.75) is 0 Å². The van der Waals surface area contributed by atoms with Crippen molar-refractivity contribution < 1.29 is 0 Å². The molecule has 0 aliphatic carbocycles. The second-order valence-corrected chi connectivity index (χ2v) is 19.6. The lowest BCUT2D eigenvalue weighted by atomic mass is 9.87. The Balaban J connectivity index is 1.19. The standard InChI is InChI=1S/C73H45N5/c74-46-58-32-19-33-59(64(58)47-75)70-69(52-28-15-5-16-29-52)73(78-67-40-36-56(50-24-11-3-12-25-50)44-62(67)63-45-57(37-41-68(63)78)51-26-13-4-14-27-51)76-71(53-30-17-6-18-31-53)72(70)77-65-38-34-54(48-20-7-1-8-21-48)42-60(65)61-43-55(35-39-66(61)77)49-22-9-2-10-23-49/h1-45H. The second kappa shape index (κ2) is 19.1. The molecule has 0 unspecified atom stereocenters. The zero-order chi connectivity index (χ0) is 52.1. The summed E-state index contributed by atoms with van der Waals surface area (Å²) < 4.78 is 4.68. The highest BCUT2D eigenvalue weighted by molar-refractivity contribution is 6.15. The molecule has 5 heteroatoms. The van der Waals surface area contributed by atoms with Crippen LogP contribution in [0.3, 0.4) is 0 Å². The van der Waals surface area contributed by atoms with Crippen molar-refractivity contribution in [1.82, 2.24) is 14.1 Å². The number of pyridine rings is 1. The molecule has 11 aromatic carbocycles. The van der Waals surface area contributed by atoms with Gasteiger partial charge in [0.25, 0.3) is 0 Å². The van der Waals surface area contributed by atoms with Gasteiger partial charge < -0.3 is 4.57 Å². The summed E-state index contributed by atoms with van der Waals surface area (Å²) in [7, 11) is 0. The summed E-state index contributed by atoms with van der Waals surface area (Å²) in [6.45, 7) is 0. The highest BCUT2D eigenvalue weighted by Crippen LogP contribution is 2.50. The molecule has 0 atom stereocenters. The third kappa shape index (κ3) is 7.65. The maximum absolute atomic E-state index is 11.4. The lowest BCUT2D eigenvalue weighted by molar-refractivity contribution is 1.06. The number of nitriles is 2. The Morgan fingerprint density at radius 3 is 1.03 bits per heavy atom. The number of nitrogens with zero attached hydrogens (tertiary/aromatic N) is 5. The van der Waals surface area contributed by atoms with Crippen molar-refractivity contribution in [1.29, 1.82) is 10.5 Å². The largest absolute Gasteiger partial charge is 0.306 e. The fourth-order valence-corrected chi connectivity index (χ4v) is 11.6. The first-order valence-corrected chi connectivity index (χ1v) is 26.1. The van der Waals surface area contributed by atoms with E-state index in [-0.39, 0.29) is 5.56 Å². The summed E-state index contributed by atoms with van der Waals surface area (Å²) in [5.41, 5.74) is 18.9. The average Bonchev–Trinajstić information content (AvgIpc) is 4.21. The summed E-state index contributed by atoms with van der Waals surface area (Å²) in [5, 5.41) is 26.6. The summed E-state index contributed by atoms with van der Waals surface area (Å²) in [6, 6.07) is 100. The number of rotatable bonds is 9. The monoisotopic (exact) mass is 991 g/mol. The fraction of sp³-hybridized carbons (Fsp3) is 0. The van der Waals surface area contributed by atoms with E-state index in [1.54, 1.807) is 6.07 Å². The van der Waals surface area contributed by atoms with Gasteiger partial charge in [-0.25, -0.2) is 4.98 Å². The Labute approximate surface area is 451 Å². The van der Waals surface area contributed by atoms with E-state index in [0.717, 1.165) is 116 Å². The van der Waals surface area contributed by atoms with E-state index in [1.165, 1.54) is 0 Å². The van der Waals surface area contributed by atoms with Crippen molar-refractivity contribution in [2.75, 3.05) is 0 Å². The van der Waals surface area contributed by atoms with Crippen molar-refractivity contribution in [3.05, 3.63) is 284 Å². The highest BCUT2D eigenvalue weighted by atomic mass is 15.1. The van der Waals surface area contributed by atoms with Gasteiger partial charge in [-0.15, -0.1) is 0 Å². The molecule has 0 spiro atoms. The predicted molar refractivity (Wildman–Crippen MR) is 320 cm³/mol. The van der Waals surface area contributed by atoms with Crippen LogP contribution in [0.25, 0.3) is 133 Å². The van der Waals surface area contributed by atoms with E-state index in [9.17, 15) is 10.5 Å². The Hall–Kier alpha value is -10.9. The van der Waals surface area contributed by atoms with Crippen molar-refractivity contribution in [3.8, 4) is 102 Å². The molecule has 0 amide bonds. The van der Waals surface area contributed by atoms with Crippen LogP contribution in [0.2, 0.25) is 0 Å². The normalized spacial score (nSPS) is 11.3. The minimum atomic E-state index is 0.287. The number of aromatic nitrogens is 3. The SMILES string of the molecule is N#Cc1cccc(-c2c(-c3ccccc3)c(-n3c4ccc(-c5ccccc5)cc4c4cc(-c5ccccc5)ccc43)nc(-c3ccccc3)c2-n2c3ccc(-c4ccccc4)cc3c3cc(-c4ccccc4)ccc32)c1C#N. The van der Waals surface area contributed by atoms with Gasteiger partial charge in [0.1, 0.15) is 18.0 Å². The Kier molecular flexibility index (Phi) is 11.2. The fourth-order valence-electron chi connectivity index (χ4n) is 11.6. The third-order valence-electron chi connectivity index (χ3n) is 15.2. The molecule has 0 radical (unpaired) electrons. The molecule has 3 aromatic heterocycles. The van der Waals surface area contributed by atoms with E-state index < -0.39 is 0 Å². The lowest BCUT2D eigenvalue weighted by Gasteiger charge is -2.26. The molecule has 0 aliphatic heterocycles. The van der Waals surface area contributed by atoms with E-state index in [4.69, 9.17) is 4.98 Å². The maximum atomic E-state index is 11.4. The van der Waals surface area contributed by atoms with Gasteiger partial charge in [-0.05, 0) is 105 Å². The molecule has 0 aliphatic rings. The zero-order valence-corrected chi connectivity index (χ0v) is 42.2. The molecular formula is C73H45N5. The molecule has 14 rings (SSSR count). The van der Waals surface area contributed by atoms with Gasteiger partial charge in [0, 0.05) is 43.8 Å². The van der Waals surface area contributed by atoms with E-state index in [2.05, 4.69) is 252 Å². The first-order valence-electron chi connectivity index (χ1n) is 26.1. The van der Waals surface area contributed by atoms with Crippen LogP contribution < -0.4 is 0 Å². The van der Waals surface area contributed by atoms with Gasteiger partial charge >= 0.3 is 0 Å². The van der Waals surface area contributed by atoms with Crippen LogP contribution in [-0.2, 0) is 0 Å². The minimum Gasteiger partial charge on any atom is -0.306 e. The molecule has 0 saturated carbocycles. The molecule has 0 saturated heterocycles. The average molecular weight is 992 g/mol. The minimum absolute atomic E-state index is 0.287. The highest BCUT2D eigenvalue weighted by Gasteiger charge is 2.31. The number of fused-ring (bicyclic) bond motifs is 6. The molecule has 78 heavy (non-hydrogen) atoms. The van der Waals surface area contributed by atoms with Gasteiger partial charge in [0.05, 0.1) is 44.6 Å². The summed E-state index contributed by atoms with van der Waals surface area (Å²) >= 11 is 0. The second-order valence-electron chi connectivity index (χ2n) is 19.6. The van der Waals surface area contributed by atoms with Crippen molar-refractivity contribution in [2.24, 2.45) is 0 Å². The Bertz CT molecular complexity index is 4510. The van der Waals surface area contributed by atoms with Crippen LogP contribution in [0.4, 0.5) is 0 Å². The third-order valence-corrected chi connectivity index (χ3v) is 15.2.